The molecule has 0 bridgehead atoms. The van der Waals surface area contributed by atoms with E-state index in [4.69, 9.17) is 16.3 Å². The van der Waals surface area contributed by atoms with Crippen molar-refractivity contribution in [2.45, 2.75) is 13.0 Å². The summed E-state index contributed by atoms with van der Waals surface area (Å²) in [6.45, 7) is 8.01. The van der Waals surface area contributed by atoms with E-state index in [1.54, 1.807) is 0 Å². The van der Waals surface area contributed by atoms with E-state index in [1.165, 1.54) is 0 Å². The zero-order chi connectivity index (χ0) is 15.1. The molecule has 118 valence electrons. The highest BCUT2D eigenvalue weighted by Gasteiger charge is 2.35. The lowest BCUT2D eigenvalue weighted by Crippen LogP contribution is -2.46. The first-order chi connectivity index (χ1) is 10.7. The van der Waals surface area contributed by atoms with Crippen molar-refractivity contribution >= 4 is 28.5 Å². The molecule has 0 spiro atoms. The van der Waals surface area contributed by atoms with Gasteiger partial charge < -0.3 is 14.6 Å². The first-order valence-corrected chi connectivity index (χ1v) is 8.17. The fourth-order valence-electron chi connectivity index (χ4n) is 3.65. The van der Waals surface area contributed by atoms with E-state index < -0.39 is 0 Å². The average Bonchev–Trinajstić information content (AvgIpc) is 3.13. The lowest BCUT2D eigenvalue weighted by Gasteiger charge is -2.34. The Morgan fingerprint density at radius 3 is 2.91 bits per heavy atom. The zero-order valence-electron chi connectivity index (χ0n) is 12.6. The summed E-state index contributed by atoms with van der Waals surface area (Å²) in [5.74, 6) is 1.54. The summed E-state index contributed by atoms with van der Waals surface area (Å²) >= 11 is 6.08. The van der Waals surface area contributed by atoms with E-state index in [9.17, 15) is 0 Å². The summed E-state index contributed by atoms with van der Waals surface area (Å²) < 4.78 is 5.47. The predicted octanol–water partition coefficient (Wildman–Crippen LogP) is 1.77. The van der Waals surface area contributed by atoms with Crippen LogP contribution in [0.3, 0.4) is 0 Å². The minimum atomic E-state index is 0.299. The molecule has 2 saturated heterocycles. The van der Waals surface area contributed by atoms with Gasteiger partial charge in [0.2, 0.25) is 5.28 Å². The summed E-state index contributed by atoms with van der Waals surface area (Å²) in [5.41, 5.74) is 0.803. The van der Waals surface area contributed by atoms with Crippen molar-refractivity contribution in [3.05, 3.63) is 17.5 Å². The minimum absolute atomic E-state index is 0.299. The maximum Gasteiger partial charge on any atom is 0.226 e. The van der Waals surface area contributed by atoms with E-state index in [1.807, 2.05) is 12.3 Å². The topological polar surface area (TPSA) is 57.3 Å². The average molecular weight is 322 g/mol. The van der Waals surface area contributed by atoms with E-state index in [0.717, 1.165) is 56.2 Å². The Bertz CT molecular complexity index is 669. The molecule has 2 aliphatic rings. The fraction of sp³-hybridized carbons (Fsp3) is 0.600. The van der Waals surface area contributed by atoms with Crippen LogP contribution in [0.1, 0.15) is 6.92 Å². The van der Waals surface area contributed by atoms with Crippen LogP contribution in [0.2, 0.25) is 5.28 Å². The van der Waals surface area contributed by atoms with Crippen molar-refractivity contribution in [2.24, 2.45) is 5.92 Å². The maximum absolute atomic E-state index is 6.08. The van der Waals surface area contributed by atoms with E-state index in [2.05, 4.69) is 31.7 Å². The molecule has 0 saturated carbocycles. The number of hydrogen-bond donors (Lipinski definition) is 1. The molecule has 0 radical (unpaired) electrons. The number of aromatic amines is 1. The van der Waals surface area contributed by atoms with Crippen molar-refractivity contribution in [3.8, 4) is 0 Å². The Kier molecular flexibility index (Phi) is 3.68. The smallest absolute Gasteiger partial charge is 0.226 e. The monoisotopic (exact) mass is 321 g/mol. The highest BCUT2D eigenvalue weighted by molar-refractivity contribution is 6.28. The molecule has 2 fully saturated rings. The van der Waals surface area contributed by atoms with Gasteiger partial charge >= 0.3 is 0 Å². The van der Waals surface area contributed by atoms with Crippen LogP contribution in [0.4, 0.5) is 5.82 Å². The Balaban J connectivity index is 1.61. The van der Waals surface area contributed by atoms with Gasteiger partial charge in [0.1, 0.15) is 11.5 Å². The van der Waals surface area contributed by atoms with Gasteiger partial charge in [-0.05, 0) is 23.6 Å². The molecule has 0 amide bonds. The van der Waals surface area contributed by atoms with Gasteiger partial charge in [-0.3, -0.25) is 4.90 Å². The summed E-state index contributed by atoms with van der Waals surface area (Å²) in [6.07, 6.45) is 1.89. The van der Waals surface area contributed by atoms with Crippen LogP contribution < -0.4 is 4.90 Å². The highest BCUT2D eigenvalue weighted by Crippen LogP contribution is 2.31. The number of ether oxygens (including phenoxy) is 1. The number of aromatic nitrogens is 3. The molecule has 1 N–H and O–H groups in total. The van der Waals surface area contributed by atoms with Gasteiger partial charge in [-0.25, -0.2) is 0 Å². The number of fused-ring (bicyclic) bond motifs is 1. The number of anilines is 1. The molecule has 2 aromatic rings. The van der Waals surface area contributed by atoms with Crippen LogP contribution in [-0.2, 0) is 4.74 Å². The fourth-order valence-corrected chi connectivity index (χ4v) is 3.81. The predicted molar refractivity (Wildman–Crippen MR) is 86.5 cm³/mol. The number of nitrogens with zero attached hydrogens (tertiary/aromatic N) is 4. The number of rotatable bonds is 2. The van der Waals surface area contributed by atoms with Crippen molar-refractivity contribution < 1.29 is 4.74 Å². The second kappa shape index (κ2) is 5.68. The van der Waals surface area contributed by atoms with E-state index in [0.29, 0.717) is 17.2 Å². The third-order valence-corrected chi connectivity index (χ3v) is 4.92. The largest absolute Gasteiger partial charge is 0.379 e. The third-order valence-electron chi connectivity index (χ3n) is 4.76. The van der Waals surface area contributed by atoms with Gasteiger partial charge in [-0.1, -0.05) is 6.92 Å². The Morgan fingerprint density at radius 1 is 1.27 bits per heavy atom. The SMILES string of the molecule is CC1CN(c2nc(Cl)nc3[nH]ccc23)CC1N1CCOCC1. The Labute approximate surface area is 134 Å². The third kappa shape index (κ3) is 2.45. The molecular formula is C15H20ClN5O. The summed E-state index contributed by atoms with van der Waals surface area (Å²) in [7, 11) is 0. The quantitative estimate of drug-likeness (QED) is 0.854. The van der Waals surface area contributed by atoms with Gasteiger partial charge in [0.15, 0.2) is 0 Å². The van der Waals surface area contributed by atoms with E-state index >= 15 is 0 Å². The molecule has 2 unspecified atom stereocenters. The number of nitrogens with one attached hydrogen (secondary N) is 1. The molecule has 4 rings (SSSR count). The molecule has 22 heavy (non-hydrogen) atoms. The zero-order valence-corrected chi connectivity index (χ0v) is 13.4. The molecule has 7 heteroatoms. The standard InChI is InChI=1S/C15H20ClN5O/c1-10-8-21(9-12(10)20-4-6-22-7-5-20)14-11-2-3-17-13(11)18-15(16)19-14/h2-3,10,12H,4-9H2,1H3,(H,17,18,19). The van der Waals surface area contributed by atoms with Gasteiger partial charge in [0, 0.05) is 38.4 Å². The van der Waals surface area contributed by atoms with Crippen LogP contribution in [0.25, 0.3) is 11.0 Å². The highest BCUT2D eigenvalue weighted by atomic mass is 35.5. The van der Waals surface area contributed by atoms with Crippen LogP contribution in [0.5, 0.6) is 0 Å². The number of hydrogen-bond acceptors (Lipinski definition) is 5. The van der Waals surface area contributed by atoms with Gasteiger partial charge in [0.25, 0.3) is 0 Å². The van der Waals surface area contributed by atoms with Crippen LogP contribution >= 0.6 is 11.6 Å². The molecule has 0 aliphatic carbocycles. The summed E-state index contributed by atoms with van der Waals surface area (Å²) in [4.78, 5) is 16.7. The molecule has 6 nitrogen and oxygen atoms in total. The lowest BCUT2D eigenvalue weighted by molar-refractivity contribution is 0.0134. The lowest BCUT2D eigenvalue weighted by atomic mass is 10.0. The second-order valence-corrected chi connectivity index (χ2v) is 6.49. The Morgan fingerprint density at radius 2 is 2.09 bits per heavy atom. The van der Waals surface area contributed by atoms with Gasteiger partial charge in [-0.15, -0.1) is 0 Å². The van der Waals surface area contributed by atoms with Crippen LogP contribution in [0, 0.1) is 5.92 Å². The van der Waals surface area contributed by atoms with Gasteiger partial charge in [0.05, 0.1) is 18.6 Å². The molecule has 2 aromatic heterocycles. The molecule has 2 atom stereocenters. The summed E-state index contributed by atoms with van der Waals surface area (Å²) in [5, 5.41) is 1.34. The molecule has 0 aromatic carbocycles. The summed E-state index contributed by atoms with van der Waals surface area (Å²) in [6, 6.07) is 2.57. The first kappa shape index (κ1) is 14.2. The second-order valence-electron chi connectivity index (χ2n) is 6.15. The van der Waals surface area contributed by atoms with Crippen molar-refractivity contribution in [1.82, 2.24) is 19.9 Å². The van der Waals surface area contributed by atoms with Crippen molar-refractivity contribution in [3.63, 3.8) is 0 Å². The molecule has 4 heterocycles. The Hall–Kier alpha value is -1.37. The number of halogens is 1. The number of morpholine rings is 1. The van der Waals surface area contributed by atoms with E-state index in [-0.39, 0.29) is 0 Å². The normalized spacial score (nSPS) is 26.9. The van der Waals surface area contributed by atoms with Crippen LogP contribution in [-0.4, -0.2) is 65.3 Å². The van der Waals surface area contributed by atoms with Gasteiger partial charge in [-0.2, -0.15) is 9.97 Å². The minimum Gasteiger partial charge on any atom is -0.379 e. The maximum atomic E-state index is 6.08. The van der Waals surface area contributed by atoms with Crippen molar-refractivity contribution in [2.75, 3.05) is 44.3 Å². The van der Waals surface area contributed by atoms with Crippen LogP contribution in [0.15, 0.2) is 12.3 Å². The van der Waals surface area contributed by atoms with Crippen molar-refractivity contribution in [1.29, 1.82) is 0 Å². The number of H-pyrrole nitrogens is 1. The first-order valence-electron chi connectivity index (χ1n) is 7.80. The molecule has 2 aliphatic heterocycles. The molecular weight excluding hydrogens is 302 g/mol.